The van der Waals surface area contributed by atoms with E-state index < -0.39 is 11.7 Å². The fraction of sp³-hybridized carbons (Fsp3) is 0.100. The Hall–Kier alpha value is -1.77. The first-order valence-electron chi connectivity index (χ1n) is 4.35. The average molecular weight is 272 g/mol. The molecular formula is C10H7Cl2N3O2. The number of carbonyl (C=O) groups excluding carboxylic acids is 1. The zero-order chi connectivity index (χ0) is 12.8. The second-order valence-corrected chi connectivity index (χ2v) is 3.64. The lowest BCUT2D eigenvalue weighted by Gasteiger charge is -2.03. The Morgan fingerprint density at radius 1 is 1.53 bits per heavy atom. The number of nitrogens with zero attached hydrogens (tertiary/aromatic N) is 2. The van der Waals surface area contributed by atoms with Gasteiger partial charge >= 0.3 is 5.97 Å². The second-order valence-electron chi connectivity index (χ2n) is 2.80. The number of rotatable bonds is 3. The van der Waals surface area contributed by atoms with Gasteiger partial charge in [-0.25, -0.2) is 4.79 Å². The van der Waals surface area contributed by atoms with Crippen LogP contribution in [0.15, 0.2) is 23.3 Å². The highest BCUT2D eigenvalue weighted by Crippen LogP contribution is 2.25. The van der Waals surface area contributed by atoms with Crippen LogP contribution in [0, 0.1) is 11.3 Å². The van der Waals surface area contributed by atoms with Gasteiger partial charge in [-0.2, -0.15) is 10.4 Å². The molecule has 7 heteroatoms. The van der Waals surface area contributed by atoms with Crippen LogP contribution in [-0.2, 0) is 9.53 Å². The van der Waals surface area contributed by atoms with Gasteiger partial charge in [0.25, 0.3) is 0 Å². The van der Waals surface area contributed by atoms with Crippen molar-refractivity contribution in [2.24, 2.45) is 5.10 Å². The lowest BCUT2D eigenvalue weighted by atomic mass is 10.3. The molecule has 0 fully saturated rings. The van der Waals surface area contributed by atoms with E-state index >= 15 is 0 Å². The van der Waals surface area contributed by atoms with E-state index in [9.17, 15) is 4.79 Å². The maximum absolute atomic E-state index is 11.0. The van der Waals surface area contributed by atoms with Crippen LogP contribution in [0.3, 0.4) is 0 Å². The van der Waals surface area contributed by atoms with Gasteiger partial charge in [0.2, 0.25) is 5.71 Å². The Bertz CT molecular complexity index is 509. The molecule has 0 bridgehead atoms. The van der Waals surface area contributed by atoms with Crippen LogP contribution in [0.25, 0.3) is 0 Å². The molecule has 0 heterocycles. The third-order valence-electron chi connectivity index (χ3n) is 1.70. The number of nitriles is 1. The first-order valence-corrected chi connectivity index (χ1v) is 5.11. The standard InChI is InChI=1S/C10H7Cl2N3O2/c1-17-10(16)9(5-13)15-14-8-3-2-6(11)4-7(8)12/h2-4,14H,1H3. The number of ether oxygens (including phenoxy) is 1. The Morgan fingerprint density at radius 3 is 2.76 bits per heavy atom. The number of hydrogen-bond acceptors (Lipinski definition) is 5. The van der Waals surface area contributed by atoms with Crippen LogP contribution in [-0.4, -0.2) is 18.8 Å². The van der Waals surface area contributed by atoms with E-state index in [0.717, 1.165) is 7.11 Å². The zero-order valence-corrected chi connectivity index (χ0v) is 10.2. The lowest BCUT2D eigenvalue weighted by molar-refractivity contribution is -0.132. The molecule has 0 aliphatic heterocycles. The van der Waals surface area contributed by atoms with E-state index in [2.05, 4.69) is 15.3 Å². The van der Waals surface area contributed by atoms with Gasteiger partial charge in [-0.3, -0.25) is 5.43 Å². The number of carbonyl (C=O) groups is 1. The fourth-order valence-electron chi connectivity index (χ4n) is 0.909. The predicted molar refractivity (Wildman–Crippen MR) is 65.1 cm³/mol. The van der Waals surface area contributed by atoms with Crippen molar-refractivity contribution in [2.45, 2.75) is 0 Å². The number of halogens is 2. The molecule has 0 aromatic heterocycles. The number of hydrazone groups is 1. The normalized spacial score (nSPS) is 10.6. The highest BCUT2D eigenvalue weighted by atomic mass is 35.5. The quantitative estimate of drug-likeness (QED) is 0.521. The molecule has 0 radical (unpaired) electrons. The molecule has 1 aromatic rings. The van der Waals surface area contributed by atoms with Crippen LogP contribution in [0.5, 0.6) is 0 Å². The first-order chi connectivity index (χ1) is 8.08. The molecule has 0 unspecified atom stereocenters. The van der Waals surface area contributed by atoms with Crippen molar-refractivity contribution in [3.05, 3.63) is 28.2 Å². The van der Waals surface area contributed by atoms with Crippen molar-refractivity contribution in [1.82, 2.24) is 0 Å². The summed E-state index contributed by atoms with van der Waals surface area (Å²) in [5.41, 5.74) is 2.50. The van der Waals surface area contributed by atoms with Crippen LogP contribution in [0.2, 0.25) is 10.0 Å². The van der Waals surface area contributed by atoms with E-state index in [1.165, 1.54) is 6.07 Å². The second kappa shape index (κ2) is 6.09. The molecule has 5 nitrogen and oxygen atoms in total. The van der Waals surface area contributed by atoms with E-state index in [1.807, 2.05) is 0 Å². The van der Waals surface area contributed by atoms with E-state index in [-0.39, 0.29) is 0 Å². The van der Waals surface area contributed by atoms with Gasteiger partial charge in [-0.1, -0.05) is 23.2 Å². The smallest absolute Gasteiger partial charge is 0.369 e. The first kappa shape index (κ1) is 13.3. The molecule has 88 valence electrons. The Labute approximate surface area is 108 Å². The molecule has 0 aliphatic carbocycles. The molecule has 0 saturated carbocycles. The minimum atomic E-state index is -0.829. The van der Waals surface area contributed by atoms with Crippen LogP contribution >= 0.6 is 23.2 Å². The molecule has 1 N–H and O–H groups in total. The van der Waals surface area contributed by atoms with Crippen molar-refractivity contribution >= 4 is 40.6 Å². The zero-order valence-electron chi connectivity index (χ0n) is 8.70. The molecule has 0 saturated heterocycles. The fourth-order valence-corrected chi connectivity index (χ4v) is 1.36. The molecule has 1 rings (SSSR count). The number of hydrogen-bond donors (Lipinski definition) is 1. The van der Waals surface area contributed by atoms with Gasteiger partial charge < -0.3 is 4.74 Å². The van der Waals surface area contributed by atoms with Crippen molar-refractivity contribution in [1.29, 1.82) is 5.26 Å². The third-order valence-corrected chi connectivity index (χ3v) is 2.25. The SMILES string of the molecule is COC(=O)C(C#N)=NNc1ccc(Cl)cc1Cl. The minimum absolute atomic E-state index is 0.323. The summed E-state index contributed by atoms with van der Waals surface area (Å²) >= 11 is 11.6. The maximum Gasteiger partial charge on any atom is 0.369 e. The average Bonchev–Trinajstić information content (AvgIpc) is 2.31. The summed E-state index contributed by atoms with van der Waals surface area (Å²) in [5, 5.41) is 13.0. The number of nitrogens with one attached hydrogen (secondary N) is 1. The summed E-state index contributed by atoms with van der Waals surface area (Å²) in [7, 11) is 1.16. The molecule has 0 aliphatic rings. The van der Waals surface area contributed by atoms with Gasteiger partial charge in [-0.05, 0) is 18.2 Å². The topological polar surface area (TPSA) is 74.5 Å². The van der Waals surface area contributed by atoms with Gasteiger partial charge in [0.05, 0.1) is 17.8 Å². The number of benzene rings is 1. The Kier molecular flexibility index (Phi) is 4.76. The van der Waals surface area contributed by atoms with E-state index in [4.69, 9.17) is 28.5 Å². The summed E-state index contributed by atoms with van der Waals surface area (Å²) in [4.78, 5) is 11.0. The van der Waals surface area contributed by atoms with Crippen molar-refractivity contribution < 1.29 is 9.53 Å². The molecule has 0 spiro atoms. The monoisotopic (exact) mass is 271 g/mol. The molecule has 0 atom stereocenters. The van der Waals surface area contributed by atoms with Crippen molar-refractivity contribution in [3.8, 4) is 6.07 Å². The summed E-state index contributed by atoms with van der Waals surface area (Å²) in [6.45, 7) is 0. The Balaban J connectivity index is 2.88. The molecule has 17 heavy (non-hydrogen) atoms. The van der Waals surface area contributed by atoms with Crippen LogP contribution in [0.4, 0.5) is 5.69 Å². The third kappa shape index (κ3) is 3.63. The van der Waals surface area contributed by atoms with E-state index in [1.54, 1.807) is 18.2 Å². The van der Waals surface area contributed by atoms with Crippen LogP contribution in [0.1, 0.15) is 0 Å². The van der Waals surface area contributed by atoms with Gasteiger partial charge in [0, 0.05) is 5.02 Å². The summed E-state index contributed by atoms with van der Waals surface area (Å²) in [5.74, 6) is -0.829. The number of esters is 1. The Morgan fingerprint density at radius 2 is 2.24 bits per heavy atom. The summed E-state index contributed by atoms with van der Waals surface area (Å²) in [6.07, 6.45) is 0. The van der Waals surface area contributed by atoms with E-state index in [0.29, 0.717) is 15.7 Å². The molecule has 1 aromatic carbocycles. The van der Waals surface area contributed by atoms with Gasteiger partial charge in [0.15, 0.2) is 0 Å². The number of anilines is 1. The largest absolute Gasteiger partial charge is 0.464 e. The molecular weight excluding hydrogens is 265 g/mol. The lowest BCUT2D eigenvalue weighted by Crippen LogP contribution is -2.15. The predicted octanol–water partition coefficient (Wildman–Crippen LogP) is 2.46. The molecule has 0 amide bonds. The number of methoxy groups -OCH3 is 1. The van der Waals surface area contributed by atoms with Crippen LogP contribution < -0.4 is 5.43 Å². The minimum Gasteiger partial charge on any atom is -0.464 e. The van der Waals surface area contributed by atoms with Gasteiger partial charge in [0.1, 0.15) is 6.07 Å². The summed E-state index contributed by atoms with van der Waals surface area (Å²) < 4.78 is 4.35. The maximum atomic E-state index is 11.0. The van der Waals surface area contributed by atoms with Gasteiger partial charge in [-0.15, -0.1) is 0 Å². The highest BCUT2D eigenvalue weighted by molar-refractivity contribution is 6.43. The van der Waals surface area contributed by atoms with Crippen molar-refractivity contribution in [2.75, 3.05) is 12.5 Å². The highest BCUT2D eigenvalue weighted by Gasteiger charge is 2.10. The summed E-state index contributed by atoms with van der Waals surface area (Å²) in [6, 6.07) is 6.27. The van der Waals surface area contributed by atoms with Crippen molar-refractivity contribution in [3.63, 3.8) is 0 Å².